The number of H-pyrrole nitrogens is 1. The van der Waals surface area contributed by atoms with Gasteiger partial charge in [0.25, 0.3) is 0 Å². The standard InChI is InChI=1S/C8H7ClN4/c9-4-6-3-7(13-12-6)8-5-10-1-2-11-8/h1-3,5H,4H2,(H,12,13). The van der Waals surface area contributed by atoms with Crippen LogP contribution < -0.4 is 0 Å². The SMILES string of the molecule is ClCc1cc(-c2cnccn2)n[nH]1. The van der Waals surface area contributed by atoms with Crippen LogP contribution in [0.2, 0.25) is 0 Å². The molecule has 0 spiro atoms. The molecule has 4 nitrogen and oxygen atoms in total. The molecule has 0 aromatic carbocycles. The first kappa shape index (κ1) is 8.19. The van der Waals surface area contributed by atoms with E-state index in [2.05, 4.69) is 20.2 Å². The smallest absolute Gasteiger partial charge is 0.112 e. The summed E-state index contributed by atoms with van der Waals surface area (Å²) in [6, 6.07) is 1.86. The summed E-state index contributed by atoms with van der Waals surface area (Å²) in [6.07, 6.45) is 4.91. The lowest BCUT2D eigenvalue weighted by molar-refractivity contribution is 1.03. The van der Waals surface area contributed by atoms with Gasteiger partial charge in [-0.15, -0.1) is 11.6 Å². The van der Waals surface area contributed by atoms with E-state index in [-0.39, 0.29) is 0 Å². The van der Waals surface area contributed by atoms with Crippen molar-refractivity contribution >= 4 is 11.6 Å². The number of nitrogens with one attached hydrogen (secondary N) is 1. The minimum absolute atomic E-state index is 0.424. The molecule has 2 aromatic heterocycles. The highest BCUT2D eigenvalue weighted by molar-refractivity contribution is 6.16. The normalized spacial score (nSPS) is 10.2. The lowest BCUT2D eigenvalue weighted by Gasteiger charge is -1.90. The number of hydrogen-bond donors (Lipinski definition) is 1. The van der Waals surface area contributed by atoms with Crippen molar-refractivity contribution in [3.05, 3.63) is 30.4 Å². The van der Waals surface area contributed by atoms with Crippen molar-refractivity contribution in [2.45, 2.75) is 5.88 Å². The molecule has 0 saturated carbocycles. The number of halogens is 1. The first-order valence-corrected chi connectivity index (χ1v) is 4.30. The Bertz CT molecular complexity index is 384. The maximum atomic E-state index is 5.62. The van der Waals surface area contributed by atoms with E-state index in [4.69, 9.17) is 11.6 Å². The fourth-order valence-electron chi connectivity index (χ4n) is 0.993. The Morgan fingerprint density at radius 1 is 1.31 bits per heavy atom. The van der Waals surface area contributed by atoms with Gasteiger partial charge in [-0.2, -0.15) is 5.10 Å². The van der Waals surface area contributed by atoms with Gasteiger partial charge in [0, 0.05) is 12.4 Å². The number of aromatic nitrogens is 4. The quantitative estimate of drug-likeness (QED) is 0.739. The Morgan fingerprint density at radius 2 is 2.23 bits per heavy atom. The predicted molar refractivity (Wildman–Crippen MR) is 49.2 cm³/mol. The minimum Gasteiger partial charge on any atom is -0.281 e. The van der Waals surface area contributed by atoms with Crippen LogP contribution in [0, 0.1) is 0 Å². The van der Waals surface area contributed by atoms with Gasteiger partial charge in [-0.1, -0.05) is 0 Å². The molecule has 1 N–H and O–H groups in total. The van der Waals surface area contributed by atoms with Gasteiger partial charge in [0.15, 0.2) is 0 Å². The molecular weight excluding hydrogens is 188 g/mol. The summed E-state index contributed by atoms with van der Waals surface area (Å²) in [5.74, 6) is 0.424. The summed E-state index contributed by atoms with van der Waals surface area (Å²) in [5.41, 5.74) is 2.39. The van der Waals surface area contributed by atoms with Crippen molar-refractivity contribution in [1.29, 1.82) is 0 Å². The molecule has 2 rings (SSSR count). The topological polar surface area (TPSA) is 54.5 Å². The zero-order valence-corrected chi connectivity index (χ0v) is 7.49. The Labute approximate surface area is 80.0 Å². The van der Waals surface area contributed by atoms with Gasteiger partial charge in [0.1, 0.15) is 11.4 Å². The van der Waals surface area contributed by atoms with E-state index in [1.165, 1.54) is 0 Å². The molecule has 0 atom stereocenters. The average Bonchev–Trinajstić information content (AvgIpc) is 2.67. The summed E-state index contributed by atoms with van der Waals surface area (Å²) >= 11 is 5.62. The molecule has 0 unspecified atom stereocenters. The van der Waals surface area contributed by atoms with E-state index in [0.717, 1.165) is 17.1 Å². The van der Waals surface area contributed by atoms with Crippen LogP contribution in [0.3, 0.4) is 0 Å². The van der Waals surface area contributed by atoms with Gasteiger partial charge < -0.3 is 0 Å². The zero-order valence-electron chi connectivity index (χ0n) is 6.74. The molecule has 0 amide bonds. The third-order valence-corrected chi connectivity index (χ3v) is 1.89. The molecule has 0 saturated heterocycles. The summed E-state index contributed by atoms with van der Waals surface area (Å²) in [6.45, 7) is 0. The lowest BCUT2D eigenvalue weighted by Crippen LogP contribution is -1.83. The van der Waals surface area contributed by atoms with Gasteiger partial charge in [0.05, 0.1) is 17.8 Å². The molecular formula is C8H7ClN4. The van der Waals surface area contributed by atoms with Crippen LogP contribution in [0.5, 0.6) is 0 Å². The largest absolute Gasteiger partial charge is 0.281 e. The highest BCUT2D eigenvalue weighted by atomic mass is 35.5. The van der Waals surface area contributed by atoms with E-state index in [1.807, 2.05) is 6.07 Å². The predicted octanol–water partition coefficient (Wildman–Crippen LogP) is 1.61. The van der Waals surface area contributed by atoms with Crippen LogP contribution in [0.25, 0.3) is 11.4 Å². The fourth-order valence-corrected chi connectivity index (χ4v) is 1.13. The number of aromatic amines is 1. The van der Waals surface area contributed by atoms with Crippen molar-refractivity contribution in [1.82, 2.24) is 20.2 Å². The Hall–Kier alpha value is -1.42. The monoisotopic (exact) mass is 194 g/mol. The van der Waals surface area contributed by atoms with Gasteiger partial charge in [-0.05, 0) is 6.07 Å². The van der Waals surface area contributed by atoms with Gasteiger partial charge in [0.2, 0.25) is 0 Å². The van der Waals surface area contributed by atoms with E-state index in [0.29, 0.717) is 5.88 Å². The number of nitrogens with zero attached hydrogens (tertiary/aromatic N) is 3. The summed E-state index contributed by atoms with van der Waals surface area (Å²) in [5, 5.41) is 6.85. The molecule has 13 heavy (non-hydrogen) atoms. The Morgan fingerprint density at radius 3 is 2.85 bits per heavy atom. The number of rotatable bonds is 2. The highest BCUT2D eigenvalue weighted by Gasteiger charge is 2.03. The molecule has 0 aliphatic heterocycles. The number of hydrogen-bond acceptors (Lipinski definition) is 3. The molecule has 66 valence electrons. The lowest BCUT2D eigenvalue weighted by atomic mass is 10.3. The van der Waals surface area contributed by atoms with Crippen LogP contribution in [-0.4, -0.2) is 20.2 Å². The van der Waals surface area contributed by atoms with E-state index < -0.39 is 0 Å². The maximum Gasteiger partial charge on any atom is 0.112 e. The molecule has 0 bridgehead atoms. The first-order valence-electron chi connectivity index (χ1n) is 3.77. The summed E-state index contributed by atoms with van der Waals surface area (Å²) in [4.78, 5) is 8.06. The number of alkyl halides is 1. The van der Waals surface area contributed by atoms with Crippen LogP contribution in [0.1, 0.15) is 5.69 Å². The Kier molecular flexibility index (Phi) is 2.23. The molecule has 0 fully saturated rings. The van der Waals surface area contributed by atoms with Crippen LogP contribution in [0.15, 0.2) is 24.7 Å². The van der Waals surface area contributed by atoms with Crippen molar-refractivity contribution in [3.8, 4) is 11.4 Å². The zero-order chi connectivity index (χ0) is 9.10. The highest BCUT2D eigenvalue weighted by Crippen LogP contribution is 2.13. The minimum atomic E-state index is 0.424. The van der Waals surface area contributed by atoms with Crippen molar-refractivity contribution in [2.75, 3.05) is 0 Å². The fraction of sp³-hybridized carbons (Fsp3) is 0.125. The average molecular weight is 195 g/mol. The van der Waals surface area contributed by atoms with Crippen LogP contribution >= 0.6 is 11.6 Å². The van der Waals surface area contributed by atoms with E-state index in [1.54, 1.807) is 18.6 Å². The molecule has 0 aliphatic rings. The molecule has 2 aromatic rings. The van der Waals surface area contributed by atoms with Crippen molar-refractivity contribution < 1.29 is 0 Å². The van der Waals surface area contributed by atoms with Gasteiger partial charge >= 0.3 is 0 Å². The summed E-state index contributed by atoms with van der Waals surface area (Å²) in [7, 11) is 0. The van der Waals surface area contributed by atoms with Gasteiger partial charge in [-0.3, -0.25) is 15.1 Å². The Balaban J connectivity index is 2.36. The van der Waals surface area contributed by atoms with Crippen LogP contribution in [-0.2, 0) is 5.88 Å². The second-order valence-electron chi connectivity index (χ2n) is 2.50. The van der Waals surface area contributed by atoms with Crippen molar-refractivity contribution in [2.24, 2.45) is 0 Å². The van der Waals surface area contributed by atoms with E-state index >= 15 is 0 Å². The van der Waals surface area contributed by atoms with Crippen LogP contribution in [0.4, 0.5) is 0 Å². The second kappa shape index (κ2) is 3.53. The van der Waals surface area contributed by atoms with Crippen molar-refractivity contribution in [3.63, 3.8) is 0 Å². The second-order valence-corrected chi connectivity index (χ2v) is 2.77. The third-order valence-electron chi connectivity index (χ3n) is 1.60. The summed E-state index contributed by atoms with van der Waals surface area (Å²) < 4.78 is 0. The first-order chi connectivity index (χ1) is 6.40. The molecule has 5 heteroatoms. The third kappa shape index (κ3) is 1.67. The van der Waals surface area contributed by atoms with E-state index in [9.17, 15) is 0 Å². The molecule has 0 radical (unpaired) electrons. The van der Waals surface area contributed by atoms with Gasteiger partial charge in [-0.25, -0.2) is 0 Å². The maximum absolute atomic E-state index is 5.62. The molecule has 2 heterocycles. The molecule has 0 aliphatic carbocycles.